The lowest BCUT2D eigenvalue weighted by Crippen LogP contribution is -2.29. The predicted octanol–water partition coefficient (Wildman–Crippen LogP) is 2.90. The number of alkyl halides is 1. The Hall–Kier alpha value is -1.02. The molecule has 1 aromatic carbocycles. The number of amides is 1. The van der Waals surface area contributed by atoms with Gasteiger partial charge in [-0.1, -0.05) is 24.3 Å². The molecule has 0 aliphatic carbocycles. The monoisotopic (exact) mass is 237 g/mol. The number of benzene rings is 1. The molecule has 1 amide bonds. The summed E-state index contributed by atoms with van der Waals surface area (Å²) in [6.07, 6.45) is 0.470. The third-order valence-corrected chi connectivity index (χ3v) is 3.51. The summed E-state index contributed by atoms with van der Waals surface area (Å²) in [6, 6.07) is 8.30. The molecule has 2 atom stereocenters. The van der Waals surface area contributed by atoms with E-state index in [4.69, 9.17) is 11.6 Å². The molecule has 2 nitrogen and oxygen atoms in total. The number of halogens is 1. The molecule has 0 radical (unpaired) electrons. The molecule has 16 heavy (non-hydrogen) atoms. The fourth-order valence-corrected chi connectivity index (χ4v) is 2.56. The maximum atomic E-state index is 11.8. The highest BCUT2D eigenvalue weighted by atomic mass is 35.5. The smallest absolute Gasteiger partial charge is 0.224 e. The summed E-state index contributed by atoms with van der Waals surface area (Å²) in [7, 11) is 0. The van der Waals surface area contributed by atoms with E-state index in [1.807, 2.05) is 17.0 Å². The number of aryl methyl sites for hydroxylation is 1. The molecule has 0 spiro atoms. The Kier molecular flexibility index (Phi) is 3.20. The first-order valence-electron chi connectivity index (χ1n) is 5.58. The van der Waals surface area contributed by atoms with Crippen LogP contribution in [0.2, 0.25) is 0 Å². The van der Waals surface area contributed by atoms with Crippen molar-refractivity contribution < 1.29 is 4.79 Å². The van der Waals surface area contributed by atoms with Crippen LogP contribution >= 0.6 is 11.6 Å². The molecule has 1 aliphatic rings. The van der Waals surface area contributed by atoms with Crippen molar-refractivity contribution in [2.24, 2.45) is 0 Å². The summed E-state index contributed by atoms with van der Waals surface area (Å²) in [5, 5.41) is -0.0287. The van der Waals surface area contributed by atoms with Crippen LogP contribution in [0.3, 0.4) is 0 Å². The summed E-state index contributed by atoms with van der Waals surface area (Å²) < 4.78 is 0. The summed E-state index contributed by atoms with van der Waals surface area (Å²) in [6.45, 7) is 4.80. The van der Waals surface area contributed by atoms with E-state index in [0.29, 0.717) is 13.0 Å². The molecule has 0 saturated carbocycles. The lowest BCUT2D eigenvalue weighted by atomic mass is 10.0. The molecule has 0 aromatic heterocycles. The van der Waals surface area contributed by atoms with E-state index in [0.717, 1.165) is 0 Å². The van der Waals surface area contributed by atoms with Crippen molar-refractivity contribution in [3.63, 3.8) is 0 Å². The van der Waals surface area contributed by atoms with Crippen LogP contribution in [-0.2, 0) is 4.79 Å². The van der Waals surface area contributed by atoms with E-state index in [1.54, 1.807) is 0 Å². The number of hydrogen-bond donors (Lipinski definition) is 0. The van der Waals surface area contributed by atoms with Crippen molar-refractivity contribution in [3.8, 4) is 0 Å². The highest BCUT2D eigenvalue weighted by Crippen LogP contribution is 2.29. The molecule has 0 bridgehead atoms. The van der Waals surface area contributed by atoms with Crippen LogP contribution in [0.4, 0.5) is 0 Å². The first kappa shape index (κ1) is 11.5. The first-order chi connectivity index (χ1) is 7.59. The number of rotatable bonds is 2. The Labute approximate surface area is 101 Å². The molecular weight excluding hydrogens is 222 g/mol. The second-order valence-corrected chi connectivity index (χ2v) is 5.00. The van der Waals surface area contributed by atoms with Gasteiger partial charge in [-0.2, -0.15) is 0 Å². The summed E-state index contributed by atoms with van der Waals surface area (Å²) in [4.78, 5) is 13.6. The topological polar surface area (TPSA) is 20.3 Å². The van der Waals surface area contributed by atoms with E-state index in [9.17, 15) is 4.79 Å². The molecule has 2 rings (SSSR count). The van der Waals surface area contributed by atoms with Crippen LogP contribution < -0.4 is 0 Å². The number of hydrogen-bond acceptors (Lipinski definition) is 1. The average Bonchev–Trinajstić information content (AvgIpc) is 2.58. The zero-order valence-electron chi connectivity index (χ0n) is 9.61. The summed E-state index contributed by atoms with van der Waals surface area (Å²) in [5.41, 5.74) is 2.43. The van der Waals surface area contributed by atoms with E-state index in [1.165, 1.54) is 11.1 Å². The molecule has 86 valence electrons. The van der Waals surface area contributed by atoms with Crippen LogP contribution in [0.5, 0.6) is 0 Å². The van der Waals surface area contributed by atoms with Crippen molar-refractivity contribution in [1.82, 2.24) is 4.90 Å². The average molecular weight is 238 g/mol. The standard InChI is InChI=1S/C13H16ClNO/c1-9-5-3-4-6-12(9)10(2)15-8-11(14)7-13(15)16/h3-6,10-11H,7-8H2,1-2H3. The van der Waals surface area contributed by atoms with Gasteiger partial charge in [0, 0.05) is 13.0 Å². The zero-order valence-corrected chi connectivity index (χ0v) is 10.4. The van der Waals surface area contributed by atoms with Crippen molar-refractivity contribution >= 4 is 17.5 Å². The molecular formula is C13H16ClNO. The molecule has 1 aliphatic heterocycles. The van der Waals surface area contributed by atoms with Gasteiger partial charge in [-0.05, 0) is 25.0 Å². The molecule has 1 heterocycles. The SMILES string of the molecule is Cc1ccccc1C(C)N1CC(Cl)CC1=O. The quantitative estimate of drug-likeness (QED) is 0.725. The molecule has 2 unspecified atom stereocenters. The normalized spacial score (nSPS) is 22.6. The Morgan fingerprint density at radius 1 is 1.44 bits per heavy atom. The zero-order chi connectivity index (χ0) is 11.7. The third-order valence-electron chi connectivity index (χ3n) is 3.22. The van der Waals surface area contributed by atoms with Gasteiger partial charge in [0.15, 0.2) is 0 Å². The van der Waals surface area contributed by atoms with Gasteiger partial charge in [0.05, 0.1) is 11.4 Å². The van der Waals surface area contributed by atoms with Gasteiger partial charge in [0.2, 0.25) is 5.91 Å². The van der Waals surface area contributed by atoms with Gasteiger partial charge in [-0.15, -0.1) is 11.6 Å². The lowest BCUT2D eigenvalue weighted by Gasteiger charge is -2.26. The van der Waals surface area contributed by atoms with Crippen molar-refractivity contribution in [2.45, 2.75) is 31.7 Å². The van der Waals surface area contributed by atoms with Gasteiger partial charge in [0.25, 0.3) is 0 Å². The summed E-state index contributed by atoms with van der Waals surface area (Å²) >= 11 is 6.01. The highest BCUT2D eigenvalue weighted by molar-refractivity contribution is 6.22. The van der Waals surface area contributed by atoms with E-state index in [2.05, 4.69) is 26.0 Å². The number of likely N-dealkylation sites (tertiary alicyclic amines) is 1. The predicted molar refractivity (Wildman–Crippen MR) is 65.6 cm³/mol. The van der Waals surface area contributed by atoms with E-state index >= 15 is 0 Å². The second kappa shape index (κ2) is 4.46. The van der Waals surface area contributed by atoms with Crippen LogP contribution in [0.1, 0.15) is 30.5 Å². The fraction of sp³-hybridized carbons (Fsp3) is 0.462. The van der Waals surface area contributed by atoms with Gasteiger partial charge in [-0.3, -0.25) is 4.79 Å². The fourth-order valence-electron chi connectivity index (χ4n) is 2.28. The van der Waals surface area contributed by atoms with E-state index < -0.39 is 0 Å². The van der Waals surface area contributed by atoms with Crippen LogP contribution in [-0.4, -0.2) is 22.7 Å². The van der Waals surface area contributed by atoms with Crippen molar-refractivity contribution in [2.75, 3.05) is 6.54 Å². The molecule has 1 saturated heterocycles. The minimum absolute atomic E-state index is 0.0287. The summed E-state index contributed by atoms with van der Waals surface area (Å²) in [5.74, 6) is 0.163. The first-order valence-corrected chi connectivity index (χ1v) is 6.02. The van der Waals surface area contributed by atoms with Gasteiger partial charge >= 0.3 is 0 Å². The Morgan fingerprint density at radius 3 is 2.69 bits per heavy atom. The van der Waals surface area contributed by atoms with Crippen LogP contribution in [0.15, 0.2) is 24.3 Å². The van der Waals surface area contributed by atoms with E-state index in [-0.39, 0.29) is 17.3 Å². The maximum absolute atomic E-state index is 11.8. The second-order valence-electron chi connectivity index (χ2n) is 4.38. The van der Waals surface area contributed by atoms with Gasteiger partial charge in [-0.25, -0.2) is 0 Å². The minimum atomic E-state index is -0.0287. The molecule has 3 heteroatoms. The highest BCUT2D eigenvalue weighted by Gasteiger charge is 2.32. The Morgan fingerprint density at radius 2 is 2.12 bits per heavy atom. The number of nitrogens with zero attached hydrogens (tertiary/aromatic N) is 1. The number of carbonyl (C=O) groups is 1. The number of carbonyl (C=O) groups excluding carboxylic acids is 1. The lowest BCUT2D eigenvalue weighted by molar-refractivity contribution is -0.129. The van der Waals surface area contributed by atoms with Gasteiger partial charge < -0.3 is 4.90 Å². The Balaban J connectivity index is 2.23. The van der Waals surface area contributed by atoms with Gasteiger partial charge in [0.1, 0.15) is 0 Å². The largest absolute Gasteiger partial charge is 0.334 e. The maximum Gasteiger partial charge on any atom is 0.224 e. The third kappa shape index (κ3) is 2.07. The van der Waals surface area contributed by atoms with Crippen molar-refractivity contribution in [1.29, 1.82) is 0 Å². The van der Waals surface area contributed by atoms with Crippen molar-refractivity contribution in [3.05, 3.63) is 35.4 Å². The molecule has 1 aromatic rings. The molecule has 1 fully saturated rings. The van der Waals surface area contributed by atoms with Crippen LogP contribution in [0, 0.1) is 6.92 Å². The Bertz CT molecular complexity index is 405. The van der Waals surface area contributed by atoms with Crippen LogP contribution in [0.25, 0.3) is 0 Å². The molecule has 0 N–H and O–H groups in total. The minimum Gasteiger partial charge on any atom is -0.334 e.